The predicted octanol–water partition coefficient (Wildman–Crippen LogP) is 1.34. The molecule has 0 atom stereocenters. The van der Waals surface area contributed by atoms with Crippen LogP contribution in [0.2, 0.25) is 0 Å². The van der Waals surface area contributed by atoms with Gasteiger partial charge in [0, 0.05) is 12.2 Å². The Bertz CT molecular complexity index is 431. The third-order valence-corrected chi connectivity index (χ3v) is 2.16. The van der Waals surface area contributed by atoms with Crippen molar-refractivity contribution in [1.82, 2.24) is 5.32 Å². The van der Waals surface area contributed by atoms with Gasteiger partial charge >= 0.3 is 6.03 Å². The smallest absolute Gasteiger partial charge is 0.319 e. The average Bonchev–Trinajstić information content (AvgIpc) is 2.44. The van der Waals surface area contributed by atoms with E-state index in [4.69, 9.17) is 15.7 Å². The van der Waals surface area contributed by atoms with Gasteiger partial charge in [0.15, 0.2) is 5.84 Å². The Morgan fingerprint density at radius 1 is 1.42 bits per heavy atom. The van der Waals surface area contributed by atoms with Gasteiger partial charge in [0.05, 0.1) is 0 Å². The standard InChI is InChI=1S/C12H18N4O3/c1-2-7-14-12(17)15-9-3-5-10(6-4-9)19-8-11(13)16-18/h3-6,18H,2,7-8H2,1H3,(H2,13,16)(H2,14,15,17). The second-order valence-corrected chi connectivity index (χ2v) is 3.79. The first-order valence-electron chi connectivity index (χ1n) is 5.89. The topological polar surface area (TPSA) is 109 Å². The molecule has 7 heteroatoms. The Hall–Kier alpha value is -2.44. The Morgan fingerprint density at radius 3 is 2.68 bits per heavy atom. The number of nitrogens with two attached hydrogens (primary N) is 1. The van der Waals surface area contributed by atoms with E-state index in [1.165, 1.54) is 0 Å². The van der Waals surface area contributed by atoms with Crippen LogP contribution < -0.4 is 21.1 Å². The molecule has 5 N–H and O–H groups in total. The van der Waals surface area contributed by atoms with Crippen LogP contribution in [0.15, 0.2) is 29.4 Å². The maximum atomic E-state index is 11.4. The second kappa shape index (κ2) is 7.80. The molecule has 0 saturated carbocycles. The van der Waals surface area contributed by atoms with E-state index in [0.29, 0.717) is 18.0 Å². The number of urea groups is 1. The van der Waals surface area contributed by atoms with Crippen LogP contribution in [0.3, 0.4) is 0 Å². The van der Waals surface area contributed by atoms with Crippen LogP contribution in [0.25, 0.3) is 0 Å². The molecule has 0 unspecified atom stereocenters. The van der Waals surface area contributed by atoms with Gasteiger partial charge in [0.25, 0.3) is 0 Å². The molecule has 0 aliphatic rings. The van der Waals surface area contributed by atoms with Crippen molar-refractivity contribution in [3.05, 3.63) is 24.3 Å². The average molecular weight is 266 g/mol. The summed E-state index contributed by atoms with van der Waals surface area (Å²) in [6, 6.07) is 6.52. The minimum atomic E-state index is -0.243. The number of carbonyl (C=O) groups excluding carboxylic acids is 1. The summed E-state index contributed by atoms with van der Waals surface area (Å²) in [5, 5.41) is 16.5. The number of oxime groups is 1. The molecular weight excluding hydrogens is 248 g/mol. The predicted molar refractivity (Wildman–Crippen MR) is 72.7 cm³/mol. The monoisotopic (exact) mass is 266 g/mol. The number of nitrogens with one attached hydrogen (secondary N) is 2. The minimum absolute atomic E-state index is 0.000259. The van der Waals surface area contributed by atoms with Crippen molar-refractivity contribution in [1.29, 1.82) is 0 Å². The molecule has 104 valence electrons. The molecule has 0 heterocycles. The van der Waals surface area contributed by atoms with Crippen molar-refractivity contribution in [2.75, 3.05) is 18.5 Å². The summed E-state index contributed by atoms with van der Waals surface area (Å²) in [6.45, 7) is 2.61. The van der Waals surface area contributed by atoms with E-state index < -0.39 is 0 Å². The lowest BCUT2D eigenvalue weighted by Gasteiger charge is -2.08. The van der Waals surface area contributed by atoms with Gasteiger partial charge in [-0.15, -0.1) is 0 Å². The molecule has 0 fully saturated rings. The number of nitrogens with zero attached hydrogens (tertiary/aromatic N) is 1. The number of benzene rings is 1. The maximum Gasteiger partial charge on any atom is 0.319 e. The third-order valence-electron chi connectivity index (χ3n) is 2.16. The van der Waals surface area contributed by atoms with E-state index in [0.717, 1.165) is 6.42 Å². The highest BCUT2D eigenvalue weighted by molar-refractivity contribution is 5.89. The number of amidine groups is 1. The highest BCUT2D eigenvalue weighted by atomic mass is 16.5. The van der Waals surface area contributed by atoms with Crippen LogP contribution in [-0.4, -0.2) is 30.2 Å². The van der Waals surface area contributed by atoms with Gasteiger partial charge in [-0.25, -0.2) is 4.79 Å². The van der Waals surface area contributed by atoms with Crippen LogP contribution in [-0.2, 0) is 0 Å². The Kier molecular flexibility index (Phi) is 6.00. The second-order valence-electron chi connectivity index (χ2n) is 3.79. The van der Waals surface area contributed by atoms with Crippen molar-refractivity contribution in [3.63, 3.8) is 0 Å². The molecular formula is C12H18N4O3. The number of anilines is 1. The van der Waals surface area contributed by atoms with E-state index in [1.807, 2.05) is 6.92 Å². The van der Waals surface area contributed by atoms with Crippen molar-refractivity contribution in [2.45, 2.75) is 13.3 Å². The summed E-state index contributed by atoms with van der Waals surface area (Å²) in [4.78, 5) is 11.4. The molecule has 0 aliphatic heterocycles. The summed E-state index contributed by atoms with van der Waals surface area (Å²) in [5.74, 6) is 0.548. The molecule has 0 bridgehead atoms. The van der Waals surface area contributed by atoms with E-state index in [1.54, 1.807) is 24.3 Å². The van der Waals surface area contributed by atoms with Crippen LogP contribution in [0.5, 0.6) is 5.75 Å². The molecule has 1 aromatic rings. The number of ether oxygens (including phenoxy) is 1. The summed E-state index contributed by atoms with van der Waals surface area (Å²) in [6.07, 6.45) is 0.883. The molecule has 0 radical (unpaired) electrons. The Morgan fingerprint density at radius 2 is 2.11 bits per heavy atom. The highest BCUT2D eigenvalue weighted by Gasteiger charge is 2.01. The Labute approximate surface area is 111 Å². The zero-order valence-electron chi connectivity index (χ0n) is 10.7. The quantitative estimate of drug-likeness (QED) is 0.269. The van der Waals surface area contributed by atoms with Gasteiger partial charge in [0.1, 0.15) is 12.4 Å². The normalized spacial score (nSPS) is 10.9. The van der Waals surface area contributed by atoms with Gasteiger partial charge in [-0.05, 0) is 30.7 Å². The van der Waals surface area contributed by atoms with Gasteiger partial charge in [-0.2, -0.15) is 0 Å². The summed E-state index contributed by atoms with van der Waals surface area (Å²) in [7, 11) is 0. The molecule has 2 amide bonds. The Balaban J connectivity index is 2.45. The first-order chi connectivity index (χ1) is 9.15. The van der Waals surface area contributed by atoms with Crippen molar-refractivity contribution in [2.24, 2.45) is 10.9 Å². The fourth-order valence-corrected chi connectivity index (χ4v) is 1.23. The van der Waals surface area contributed by atoms with Gasteiger partial charge in [-0.1, -0.05) is 12.1 Å². The van der Waals surface area contributed by atoms with Gasteiger partial charge < -0.3 is 26.3 Å². The van der Waals surface area contributed by atoms with E-state index >= 15 is 0 Å². The summed E-state index contributed by atoms with van der Waals surface area (Å²) >= 11 is 0. The lowest BCUT2D eigenvalue weighted by Crippen LogP contribution is -2.29. The number of hydrogen-bond donors (Lipinski definition) is 4. The molecule has 19 heavy (non-hydrogen) atoms. The van der Waals surface area contributed by atoms with Crippen LogP contribution in [0.1, 0.15) is 13.3 Å². The molecule has 0 spiro atoms. The molecule has 0 saturated heterocycles. The molecule has 0 aliphatic carbocycles. The van der Waals surface area contributed by atoms with Gasteiger partial charge in [0.2, 0.25) is 0 Å². The first kappa shape index (κ1) is 14.6. The number of carbonyl (C=O) groups is 1. The van der Waals surface area contributed by atoms with E-state index in [-0.39, 0.29) is 18.5 Å². The minimum Gasteiger partial charge on any atom is -0.486 e. The number of hydrogen-bond acceptors (Lipinski definition) is 4. The lowest BCUT2D eigenvalue weighted by atomic mass is 10.3. The molecule has 1 rings (SSSR count). The van der Waals surface area contributed by atoms with Crippen molar-refractivity contribution >= 4 is 17.6 Å². The fraction of sp³-hybridized carbons (Fsp3) is 0.333. The summed E-state index contributed by atoms with van der Waals surface area (Å²) < 4.78 is 5.24. The zero-order chi connectivity index (χ0) is 14.1. The van der Waals surface area contributed by atoms with Crippen LogP contribution in [0, 0.1) is 0 Å². The van der Waals surface area contributed by atoms with E-state index in [2.05, 4.69) is 15.8 Å². The molecule has 7 nitrogen and oxygen atoms in total. The number of rotatable bonds is 6. The first-order valence-corrected chi connectivity index (χ1v) is 5.89. The highest BCUT2D eigenvalue weighted by Crippen LogP contribution is 2.15. The zero-order valence-corrected chi connectivity index (χ0v) is 10.7. The summed E-state index contributed by atoms with van der Waals surface area (Å²) in [5.41, 5.74) is 5.93. The van der Waals surface area contributed by atoms with E-state index in [9.17, 15) is 4.79 Å². The van der Waals surface area contributed by atoms with Crippen LogP contribution in [0.4, 0.5) is 10.5 Å². The lowest BCUT2D eigenvalue weighted by molar-refractivity contribution is 0.252. The van der Waals surface area contributed by atoms with Crippen LogP contribution >= 0.6 is 0 Å². The van der Waals surface area contributed by atoms with Crippen molar-refractivity contribution < 1.29 is 14.7 Å². The molecule has 1 aromatic carbocycles. The number of amides is 2. The fourth-order valence-electron chi connectivity index (χ4n) is 1.23. The van der Waals surface area contributed by atoms with Crippen molar-refractivity contribution in [3.8, 4) is 5.75 Å². The maximum absolute atomic E-state index is 11.4. The van der Waals surface area contributed by atoms with Gasteiger partial charge in [-0.3, -0.25) is 0 Å². The SMILES string of the molecule is CCCNC(=O)Nc1ccc(OC/C(N)=N/O)cc1. The largest absolute Gasteiger partial charge is 0.486 e. The molecule has 0 aromatic heterocycles. The third kappa shape index (κ3) is 5.62.